The molecular weight excluding hydrogens is 341 g/mol. The number of hydrogen-bond acceptors (Lipinski definition) is 2. The van der Waals surface area contributed by atoms with Crippen molar-refractivity contribution in [3.8, 4) is 0 Å². The fraction of sp³-hybridized carbons (Fsp3) is 0.158. The summed E-state index contributed by atoms with van der Waals surface area (Å²) in [7, 11) is 0. The smallest absolute Gasteiger partial charge is 0.256 e. The number of rotatable bonds is 4. The first-order valence-corrected chi connectivity index (χ1v) is 8.15. The highest BCUT2D eigenvalue weighted by molar-refractivity contribution is 6.31. The number of nitrogens with zero attached hydrogens (tertiary/aromatic N) is 2. The lowest BCUT2D eigenvalue weighted by Gasteiger charge is -2.07. The van der Waals surface area contributed by atoms with E-state index in [9.17, 15) is 9.18 Å². The van der Waals surface area contributed by atoms with Crippen molar-refractivity contribution in [3.63, 3.8) is 0 Å². The van der Waals surface area contributed by atoms with Gasteiger partial charge >= 0.3 is 0 Å². The van der Waals surface area contributed by atoms with Crippen LogP contribution in [-0.2, 0) is 6.54 Å². The first-order valence-electron chi connectivity index (χ1n) is 7.77. The third-order valence-electron chi connectivity index (χ3n) is 3.87. The minimum absolute atomic E-state index is 0.183. The van der Waals surface area contributed by atoms with Crippen LogP contribution in [0.2, 0.25) is 5.02 Å². The van der Waals surface area contributed by atoms with E-state index in [0.717, 1.165) is 16.7 Å². The molecule has 1 heterocycles. The second-order valence-electron chi connectivity index (χ2n) is 5.93. The van der Waals surface area contributed by atoms with Gasteiger partial charge in [-0.2, -0.15) is 5.10 Å². The number of aryl methyl sites for hydroxylation is 2. The molecule has 1 N–H and O–H groups in total. The van der Waals surface area contributed by atoms with E-state index in [-0.39, 0.29) is 11.7 Å². The molecule has 0 spiro atoms. The second kappa shape index (κ2) is 7.07. The van der Waals surface area contributed by atoms with E-state index in [1.165, 1.54) is 12.1 Å². The standard InChI is InChI=1S/C19H17ClFN3O/c1-12-3-6-17(13(2)7-12)19(25)23-16-9-22-24(11-16)10-14-4-5-15(21)8-18(14)20/h3-9,11H,10H2,1-2H3,(H,23,25). The van der Waals surface area contributed by atoms with Crippen molar-refractivity contribution in [1.29, 1.82) is 0 Å². The minimum atomic E-state index is -0.379. The van der Waals surface area contributed by atoms with Gasteiger partial charge in [-0.1, -0.05) is 35.4 Å². The van der Waals surface area contributed by atoms with Crippen LogP contribution in [0.15, 0.2) is 48.8 Å². The predicted octanol–water partition coefficient (Wildman–Crippen LogP) is 4.59. The molecule has 0 radical (unpaired) electrons. The second-order valence-corrected chi connectivity index (χ2v) is 6.34. The van der Waals surface area contributed by atoms with Crippen molar-refractivity contribution in [2.75, 3.05) is 5.32 Å². The Bertz CT molecular complexity index is 936. The van der Waals surface area contributed by atoms with Gasteiger partial charge in [0.05, 0.1) is 18.4 Å². The van der Waals surface area contributed by atoms with E-state index in [1.54, 1.807) is 23.1 Å². The first-order chi connectivity index (χ1) is 11.9. The predicted molar refractivity (Wildman–Crippen MR) is 96.6 cm³/mol. The maximum Gasteiger partial charge on any atom is 0.256 e. The Hall–Kier alpha value is -2.66. The van der Waals surface area contributed by atoms with Crippen LogP contribution < -0.4 is 5.32 Å². The Morgan fingerprint density at radius 1 is 1.24 bits per heavy atom. The van der Waals surface area contributed by atoms with Crippen LogP contribution in [0.1, 0.15) is 27.0 Å². The molecule has 0 aliphatic rings. The third kappa shape index (κ3) is 4.06. The number of amides is 1. The van der Waals surface area contributed by atoms with Gasteiger partial charge in [-0.15, -0.1) is 0 Å². The molecule has 4 nitrogen and oxygen atoms in total. The zero-order valence-electron chi connectivity index (χ0n) is 13.9. The van der Waals surface area contributed by atoms with E-state index < -0.39 is 0 Å². The molecule has 1 amide bonds. The molecule has 1 aromatic heterocycles. The number of nitrogens with one attached hydrogen (secondary N) is 1. The fourth-order valence-electron chi connectivity index (χ4n) is 2.61. The van der Waals surface area contributed by atoms with Crippen molar-refractivity contribution in [1.82, 2.24) is 9.78 Å². The van der Waals surface area contributed by atoms with Crippen molar-refractivity contribution >= 4 is 23.2 Å². The molecule has 3 aromatic rings. The maximum atomic E-state index is 13.1. The van der Waals surface area contributed by atoms with E-state index in [4.69, 9.17) is 11.6 Å². The molecule has 128 valence electrons. The molecule has 0 unspecified atom stereocenters. The summed E-state index contributed by atoms with van der Waals surface area (Å²) in [6, 6.07) is 9.92. The number of anilines is 1. The number of carbonyl (C=O) groups is 1. The van der Waals surface area contributed by atoms with E-state index >= 15 is 0 Å². The molecule has 2 aromatic carbocycles. The summed E-state index contributed by atoms with van der Waals surface area (Å²) in [5.41, 5.74) is 3.99. The van der Waals surface area contributed by atoms with Crippen molar-refractivity contribution in [3.05, 3.63) is 81.9 Å². The highest BCUT2D eigenvalue weighted by Gasteiger charge is 2.11. The Balaban J connectivity index is 1.72. The molecule has 0 fully saturated rings. The number of carbonyl (C=O) groups excluding carboxylic acids is 1. The van der Waals surface area contributed by atoms with Crippen LogP contribution in [0.4, 0.5) is 10.1 Å². The zero-order valence-corrected chi connectivity index (χ0v) is 14.6. The molecule has 0 saturated carbocycles. The van der Waals surface area contributed by atoms with Crippen LogP contribution in [0.3, 0.4) is 0 Å². The Labute approximate surface area is 150 Å². The molecule has 0 aliphatic carbocycles. The highest BCUT2D eigenvalue weighted by Crippen LogP contribution is 2.19. The lowest BCUT2D eigenvalue weighted by molar-refractivity contribution is 0.102. The molecule has 25 heavy (non-hydrogen) atoms. The Morgan fingerprint density at radius 2 is 2.04 bits per heavy atom. The monoisotopic (exact) mass is 357 g/mol. The zero-order chi connectivity index (χ0) is 18.0. The molecule has 0 atom stereocenters. The lowest BCUT2D eigenvalue weighted by atomic mass is 10.1. The maximum absolute atomic E-state index is 13.1. The van der Waals surface area contributed by atoms with Crippen molar-refractivity contribution in [2.24, 2.45) is 0 Å². The lowest BCUT2D eigenvalue weighted by Crippen LogP contribution is -2.13. The molecule has 3 rings (SSSR count). The summed E-state index contributed by atoms with van der Waals surface area (Å²) in [6.07, 6.45) is 3.28. The molecule has 0 aliphatic heterocycles. The average Bonchev–Trinajstić information content (AvgIpc) is 2.97. The van der Waals surface area contributed by atoms with Gasteiger partial charge in [-0.05, 0) is 43.2 Å². The number of aromatic nitrogens is 2. The summed E-state index contributed by atoms with van der Waals surface area (Å²) < 4.78 is 14.7. The molecule has 0 bridgehead atoms. The van der Waals surface area contributed by atoms with Crippen LogP contribution in [-0.4, -0.2) is 15.7 Å². The Morgan fingerprint density at radius 3 is 2.76 bits per heavy atom. The summed E-state index contributed by atoms with van der Waals surface area (Å²) in [5.74, 6) is -0.563. The van der Waals surface area contributed by atoms with Crippen LogP contribution >= 0.6 is 11.6 Å². The number of benzene rings is 2. The third-order valence-corrected chi connectivity index (χ3v) is 4.22. The minimum Gasteiger partial charge on any atom is -0.319 e. The SMILES string of the molecule is Cc1ccc(C(=O)Nc2cnn(Cc3ccc(F)cc3Cl)c2)c(C)c1. The van der Waals surface area contributed by atoms with Gasteiger partial charge in [0.25, 0.3) is 5.91 Å². The van der Waals surface area contributed by atoms with Gasteiger partial charge in [-0.3, -0.25) is 9.48 Å². The average molecular weight is 358 g/mol. The quantitative estimate of drug-likeness (QED) is 0.742. The van der Waals surface area contributed by atoms with Gasteiger partial charge in [0, 0.05) is 16.8 Å². The van der Waals surface area contributed by atoms with Crippen LogP contribution in [0, 0.1) is 19.7 Å². The van der Waals surface area contributed by atoms with Gasteiger partial charge < -0.3 is 5.32 Å². The van der Waals surface area contributed by atoms with E-state index in [0.29, 0.717) is 22.8 Å². The summed E-state index contributed by atoms with van der Waals surface area (Å²) in [5, 5.41) is 7.38. The highest BCUT2D eigenvalue weighted by atomic mass is 35.5. The largest absolute Gasteiger partial charge is 0.319 e. The van der Waals surface area contributed by atoms with Crippen LogP contribution in [0.5, 0.6) is 0 Å². The number of hydrogen-bond donors (Lipinski definition) is 1. The van der Waals surface area contributed by atoms with Crippen molar-refractivity contribution < 1.29 is 9.18 Å². The van der Waals surface area contributed by atoms with Gasteiger partial charge in [0.15, 0.2) is 0 Å². The summed E-state index contributed by atoms with van der Waals surface area (Å²) >= 11 is 6.03. The number of halogens is 2. The van der Waals surface area contributed by atoms with E-state index in [1.807, 2.05) is 32.0 Å². The normalized spacial score (nSPS) is 10.7. The van der Waals surface area contributed by atoms with Crippen molar-refractivity contribution in [2.45, 2.75) is 20.4 Å². The van der Waals surface area contributed by atoms with Gasteiger partial charge in [0.1, 0.15) is 5.82 Å². The van der Waals surface area contributed by atoms with Gasteiger partial charge in [0.2, 0.25) is 0 Å². The van der Waals surface area contributed by atoms with E-state index in [2.05, 4.69) is 10.4 Å². The van der Waals surface area contributed by atoms with Gasteiger partial charge in [-0.25, -0.2) is 4.39 Å². The molecular formula is C19H17ClFN3O. The fourth-order valence-corrected chi connectivity index (χ4v) is 2.83. The summed E-state index contributed by atoms with van der Waals surface area (Å²) in [6.45, 7) is 4.28. The molecule has 0 saturated heterocycles. The Kier molecular flexibility index (Phi) is 4.86. The topological polar surface area (TPSA) is 46.9 Å². The van der Waals surface area contributed by atoms with Crippen LogP contribution in [0.25, 0.3) is 0 Å². The first kappa shape index (κ1) is 17.2. The summed E-state index contributed by atoms with van der Waals surface area (Å²) in [4.78, 5) is 12.4. The molecule has 6 heteroatoms.